The van der Waals surface area contributed by atoms with Crippen molar-refractivity contribution in [1.29, 1.82) is 0 Å². The van der Waals surface area contributed by atoms with Crippen LogP contribution in [0.2, 0.25) is 0 Å². The lowest BCUT2D eigenvalue weighted by Crippen LogP contribution is -2.15. The summed E-state index contributed by atoms with van der Waals surface area (Å²) in [5.41, 5.74) is 3.34. The van der Waals surface area contributed by atoms with Gasteiger partial charge in [0.25, 0.3) is 20.0 Å². The van der Waals surface area contributed by atoms with Crippen molar-refractivity contribution in [3.05, 3.63) is 83.2 Å². The van der Waals surface area contributed by atoms with E-state index in [2.05, 4.69) is 9.44 Å². The van der Waals surface area contributed by atoms with Crippen LogP contribution in [-0.4, -0.2) is 16.8 Å². The highest BCUT2D eigenvalue weighted by Crippen LogP contribution is 2.26. The first-order valence-corrected chi connectivity index (χ1v) is 11.9. The molecule has 0 aromatic heterocycles. The number of sulfonamides is 2. The summed E-state index contributed by atoms with van der Waals surface area (Å²) in [5, 5.41) is 0. The van der Waals surface area contributed by atoms with Crippen LogP contribution in [0.15, 0.2) is 70.5 Å². The lowest BCUT2D eigenvalue weighted by atomic mass is 10.1. The normalized spacial score (nSPS) is 11.9. The van der Waals surface area contributed by atoms with Crippen LogP contribution in [-0.2, 0) is 20.0 Å². The highest BCUT2D eigenvalue weighted by atomic mass is 32.2. The summed E-state index contributed by atoms with van der Waals surface area (Å²) in [7, 11) is -7.78. The molecule has 3 rings (SSSR count). The van der Waals surface area contributed by atoms with Crippen LogP contribution >= 0.6 is 0 Å². The standard InChI is InChI=1S/C21H21FN2O4S2/c1-14-12-15(2)21(16(3)13-14)24-30(27,28)20-10-6-18(7-11-20)23-29(25,26)19-8-4-17(22)5-9-19/h4-13,23-24H,1-3H3. The highest BCUT2D eigenvalue weighted by molar-refractivity contribution is 7.93. The Bertz CT molecular complexity index is 1260. The van der Waals surface area contributed by atoms with Crippen molar-refractivity contribution in [2.75, 3.05) is 9.44 Å². The summed E-state index contributed by atoms with van der Waals surface area (Å²) >= 11 is 0. The SMILES string of the molecule is Cc1cc(C)c(NS(=O)(=O)c2ccc(NS(=O)(=O)c3ccc(F)cc3)cc2)c(C)c1. The average Bonchev–Trinajstić information content (AvgIpc) is 2.65. The number of rotatable bonds is 6. The van der Waals surface area contributed by atoms with Crippen LogP contribution in [0.3, 0.4) is 0 Å². The van der Waals surface area contributed by atoms with Crippen molar-refractivity contribution in [2.24, 2.45) is 0 Å². The molecule has 0 heterocycles. The fraction of sp³-hybridized carbons (Fsp3) is 0.143. The molecule has 6 nitrogen and oxygen atoms in total. The Hall–Kier alpha value is -2.91. The number of aryl methyl sites for hydroxylation is 3. The van der Waals surface area contributed by atoms with Gasteiger partial charge in [0.2, 0.25) is 0 Å². The van der Waals surface area contributed by atoms with E-state index >= 15 is 0 Å². The quantitative estimate of drug-likeness (QED) is 0.586. The van der Waals surface area contributed by atoms with Gasteiger partial charge >= 0.3 is 0 Å². The van der Waals surface area contributed by atoms with E-state index in [0.29, 0.717) is 5.69 Å². The van der Waals surface area contributed by atoms with Gasteiger partial charge in [0.1, 0.15) is 5.82 Å². The number of nitrogens with one attached hydrogen (secondary N) is 2. The number of halogens is 1. The fourth-order valence-corrected chi connectivity index (χ4v) is 5.33. The van der Waals surface area contributed by atoms with Gasteiger partial charge < -0.3 is 0 Å². The van der Waals surface area contributed by atoms with Crippen molar-refractivity contribution in [2.45, 2.75) is 30.6 Å². The molecule has 0 unspecified atom stereocenters. The average molecular weight is 449 g/mol. The minimum atomic E-state index is -3.92. The second-order valence-corrected chi connectivity index (χ2v) is 10.3. The van der Waals surface area contributed by atoms with Crippen LogP contribution in [0.5, 0.6) is 0 Å². The number of hydrogen-bond donors (Lipinski definition) is 2. The molecule has 9 heteroatoms. The summed E-state index contributed by atoms with van der Waals surface area (Å²) in [4.78, 5) is -0.112. The summed E-state index contributed by atoms with van der Waals surface area (Å²) in [6.45, 7) is 5.58. The minimum Gasteiger partial charge on any atom is -0.280 e. The van der Waals surface area contributed by atoms with E-state index in [1.54, 1.807) is 0 Å². The molecule has 158 valence electrons. The first-order chi connectivity index (χ1) is 14.0. The maximum atomic E-state index is 13.0. The summed E-state index contributed by atoms with van der Waals surface area (Å²) < 4.78 is 68.2. The van der Waals surface area contributed by atoms with Crippen LogP contribution in [0.25, 0.3) is 0 Å². The molecule has 0 radical (unpaired) electrons. The molecule has 3 aromatic carbocycles. The Morgan fingerprint density at radius 3 is 1.60 bits per heavy atom. The molecular formula is C21H21FN2O4S2. The monoisotopic (exact) mass is 448 g/mol. The smallest absolute Gasteiger partial charge is 0.261 e. The van der Waals surface area contributed by atoms with Gasteiger partial charge in [-0.2, -0.15) is 0 Å². The van der Waals surface area contributed by atoms with Gasteiger partial charge in [0, 0.05) is 5.69 Å². The zero-order valence-corrected chi connectivity index (χ0v) is 18.2. The van der Waals surface area contributed by atoms with Gasteiger partial charge in [-0.15, -0.1) is 0 Å². The third-order valence-electron chi connectivity index (χ3n) is 4.45. The van der Waals surface area contributed by atoms with Gasteiger partial charge in [-0.3, -0.25) is 9.44 Å². The number of hydrogen-bond acceptors (Lipinski definition) is 4. The Kier molecular flexibility index (Phi) is 5.87. The van der Waals surface area contributed by atoms with E-state index in [1.807, 2.05) is 32.9 Å². The first kappa shape index (κ1) is 21.8. The van der Waals surface area contributed by atoms with Gasteiger partial charge in [-0.1, -0.05) is 17.7 Å². The maximum Gasteiger partial charge on any atom is 0.261 e. The third kappa shape index (κ3) is 4.80. The third-order valence-corrected chi connectivity index (χ3v) is 7.22. The predicted molar refractivity (Wildman–Crippen MR) is 115 cm³/mol. The van der Waals surface area contributed by atoms with E-state index in [9.17, 15) is 21.2 Å². The Morgan fingerprint density at radius 1 is 0.667 bits per heavy atom. The Morgan fingerprint density at radius 2 is 1.10 bits per heavy atom. The second kappa shape index (κ2) is 8.08. The topological polar surface area (TPSA) is 92.3 Å². The molecule has 0 aliphatic rings. The molecule has 0 aliphatic heterocycles. The fourth-order valence-electron chi connectivity index (χ4n) is 3.06. The summed E-state index contributed by atoms with van der Waals surface area (Å²) in [5.74, 6) is -0.546. The van der Waals surface area contributed by atoms with Gasteiger partial charge in [-0.25, -0.2) is 21.2 Å². The van der Waals surface area contributed by atoms with E-state index in [1.165, 1.54) is 24.3 Å². The first-order valence-electron chi connectivity index (χ1n) is 8.97. The van der Waals surface area contributed by atoms with Gasteiger partial charge in [-0.05, 0) is 80.4 Å². The summed E-state index contributed by atoms with van der Waals surface area (Å²) in [6.07, 6.45) is 0. The van der Waals surface area contributed by atoms with Crippen molar-refractivity contribution in [3.63, 3.8) is 0 Å². The van der Waals surface area contributed by atoms with E-state index in [0.717, 1.165) is 41.0 Å². The van der Waals surface area contributed by atoms with Crippen LogP contribution in [0.1, 0.15) is 16.7 Å². The van der Waals surface area contributed by atoms with Crippen molar-refractivity contribution in [1.82, 2.24) is 0 Å². The van der Waals surface area contributed by atoms with Crippen molar-refractivity contribution in [3.8, 4) is 0 Å². The zero-order valence-electron chi connectivity index (χ0n) is 16.6. The Balaban J connectivity index is 1.82. The molecule has 3 aromatic rings. The number of anilines is 2. The van der Waals surface area contributed by atoms with E-state index < -0.39 is 25.9 Å². The van der Waals surface area contributed by atoms with Crippen molar-refractivity contribution < 1.29 is 21.2 Å². The molecule has 0 amide bonds. The molecule has 0 atom stereocenters. The summed E-state index contributed by atoms with van der Waals surface area (Å²) in [6, 6.07) is 13.5. The molecule has 0 saturated heterocycles. The van der Waals surface area contributed by atoms with Crippen LogP contribution < -0.4 is 9.44 Å². The maximum absolute atomic E-state index is 13.0. The van der Waals surface area contributed by atoms with Crippen molar-refractivity contribution >= 4 is 31.4 Å². The molecule has 0 saturated carbocycles. The molecule has 0 fully saturated rings. The zero-order chi connectivity index (χ0) is 22.1. The molecule has 0 spiro atoms. The lowest BCUT2D eigenvalue weighted by molar-refractivity contribution is 0.599. The minimum absolute atomic E-state index is 0.00777. The van der Waals surface area contributed by atoms with E-state index in [-0.39, 0.29) is 15.5 Å². The van der Waals surface area contributed by atoms with E-state index in [4.69, 9.17) is 0 Å². The molecular weight excluding hydrogens is 427 g/mol. The number of benzene rings is 3. The molecule has 0 aliphatic carbocycles. The Labute approximate surface area is 175 Å². The van der Waals surface area contributed by atoms with Gasteiger partial charge in [0.15, 0.2) is 0 Å². The molecule has 2 N–H and O–H groups in total. The van der Waals surface area contributed by atoms with Gasteiger partial charge in [0.05, 0.1) is 15.5 Å². The van der Waals surface area contributed by atoms with Crippen LogP contribution in [0, 0.1) is 26.6 Å². The predicted octanol–water partition coefficient (Wildman–Crippen LogP) is 4.35. The second-order valence-electron chi connectivity index (χ2n) is 6.96. The van der Waals surface area contributed by atoms with Crippen LogP contribution in [0.4, 0.5) is 15.8 Å². The highest BCUT2D eigenvalue weighted by Gasteiger charge is 2.18. The largest absolute Gasteiger partial charge is 0.280 e. The lowest BCUT2D eigenvalue weighted by Gasteiger charge is -2.15. The molecule has 0 bridgehead atoms. The molecule has 30 heavy (non-hydrogen) atoms.